The Bertz CT molecular complexity index is 800. The van der Waals surface area contributed by atoms with Crippen molar-refractivity contribution in [1.82, 2.24) is 19.6 Å². The average molecular weight is 489 g/mol. The number of ether oxygens (including phenoxy) is 1. The zero-order valence-electron chi connectivity index (χ0n) is 21.4. The van der Waals surface area contributed by atoms with E-state index in [1.54, 1.807) is 20.8 Å². The number of rotatable bonds is 10. The molecule has 2 rings (SSSR count). The molecule has 1 aromatic carbocycles. The fourth-order valence-electron chi connectivity index (χ4n) is 4.12. The number of carbonyl (C=O) groups excluding carboxylic acids is 4. The van der Waals surface area contributed by atoms with E-state index >= 15 is 0 Å². The molecule has 194 valence electrons. The van der Waals surface area contributed by atoms with Gasteiger partial charge in [0.05, 0.1) is 26.2 Å². The van der Waals surface area contributed by atoms with Gasteiger partial charge < -0.3 is 4.74 Å². The number of Topliss-reactive ketones (excluding diaryl/α,β-unsaturated/α-hetero) is 3. The highest BCUT2D eigenvalue weighted by atomic mass is 16.5. The molecule has 1 heterocycles. The fourth-order valence-corrected chi connectivity index (χ4v) is 4.12. The van der Waals surface area contributed by atoms with Crippen molar-refractivity contribution in [1.29, 1.82) is 0 Å². The summed E-state index contributed by atoms with van der Waals surface area (Å²) in [5.74, 6) is -0.0494. The molecule has 0 aromatic heterocycles. The number of carbonyl (C=O) groups is 4. The summed E-state index contributed by atoms with van der Waals surface area (Å²) in [6, 6.07) is 9.56. The van der Waals surface area contributed by atoms with Crippen molar-refractivity contribution in [2.24, 2.45) is 0 Å². The van der Waals surface area contributed by atoms with Crippen molar-refractivity contribution < 1.29 is 23.9 Å². The Labute approximate surface area is 209 Å². The maximum Gasteiger partial charge on any atom is 0.320 e. The summed E-state index contributed by atoms with van der Waals surface area (Å²) in [6.45, 7) is 11.1. The van der Waals surface area contributed by atoms with Crippen LogP contribution in [-0.4, -0.2) is 121 Å². The molecule has 0 radical (unpaired) electrons. The van der Waals surface area contributed by atoms with Crippen LogP contribution in [0.15, 0.2) is 30.3 Å². The van der Waals surface area contributed by atoms with Crippen molar-refractivity contribution in [3.63, 3.8) is 0 Å². The largest absolute Gasteiger partial charge is 0.460 e. The van der Waals surface area contributed by atoms with Crippen molar-refractivity contribution in [2.45, 2.75) is 27.4 Å². The Balaban J connectivity index is 2.06. The first-order valence-electron chi connectivity index (χ1n) is 12.3. The third kappa shape index (κ3) is 12.7. The number of ketones is 3. The van der Waals surface area contributed by atoms with Gasteiger partial charge in [0.1, 0.15) is 24.0 Å². The maximum absolute atomic E-state index is 12.6. The molecule has 9 heteroatoms. The van der Waals surface area contributed by atoms with Gasteiger partial charge in [0, 0.05) is 52.4 Å². The molecule has 0 atom stereocenters. The first-order chi connectivity index (χ1) is 16.7. The Morgan fingerprint density at radius 3 is 1.29 bits per heavy atom. The highest BCUT2D eigenvalue weighted by Crippen LogP contribution is 2.04. The summed E-state index contributed by atoms with van der Waals surface area (Å²) in [5, 5.41) is 0. The molecule has 0 amide bonds. The van der Waals surface area contributed by atoms with Crippen molar-refractivity contribution in [3.8, 4) is 0 Å². The lowest BCUT2D eigenvalue weighted by atomic mass is 10.2. The van der Waals surface area contributed by atoms with Crippen molar-refractivity contribution in [3.05, 3.63) is 35.9 Å². The summed E-state index contributed by atoms with van der Waals surface area (Å²) < 4.78 is 5.48. The third-order valence-corrected chi connectivity index (χ3v) is 5.86. The molecule has 1 fully saturated rings. The maximum atomic E-state index is 12.6. The second-order valence-corrected chi connectivity index (χ2v) is 9.36. The van der Waals surface area contributed by atoms with Gasteiger partial charge >= 0.3 is 5.97 Å². The van der Waals surface area contributed by atoms with Crippen LogP contribution in [0.5, 0.6) is 0 Å². The summed E-state index contributed by atoms with van der Waals surface area (Å²) in [7, 11) is 0. The smallest absolute Gasteiger partial charge is 0.320 e. The van der Waals surface area contributed by atoms with Gasteiger partial charge in [-0.3, -0.25) is 38.8 Å². The Hall–Kier alpha value is -2.46. The van der Waals surface area contributed by atoms with E-state index in [2.05, 4.69) is 14.7 Å². The molecule has 0 unspecified atom stereocenters. The van der Waals surface area contributed by atoms with E-state index in [1.165, 1.54) is 0 Å². The number of hydrogen-bond donors (Lipinski definition) is 0. The van der Waals surface area contributed by atoms with Gasteiger partial charge in [-0.25, -0.2) is 0 Å². The lowest BCUT2D eigenvalue weighted by Crippen LogP contribution is -2.48. The van der Waals surface area contributed by atoms with E-state index in [4.69, 9.17) is 4.74 Å². The molecular weight excluding hydrogens is 448 g/mol. The fraction of sp³-hybridized carbons (Fsp3) is 0.615. The van der Waals surface area contributed by atoms with Crippen LogP contribution in [0.3, 0.4) is 0 Å². The molecule has 0 bridgehead atoms. The van der Waals surface area contributed by atoms with Gasteiger partial charge in [-0.1, -0.05) is 30.3 Å². The number of hydrogen-bond acceptors (Lipinski definition) is 9. The number of esters is 1. The normalized spacial score (nSPS) is 17.8. The van der Waals surface area contributed by atoms with Crippen LogP contribution in [0.1, 0.15) is 26.3 Å². The van der Waals surface area contributed by atoms with E-state index in [0.717, 1.165) is 5.56 Å². The first-order valence-corrected chi connectivity index (χ1v) is 12.3. The van der Waals surface area contributed by atoms with Crippen LogP contribution in [0.4, 0.5) is 0 Å². The van der Waals surface area contributed by atoms with Gasteiger partial charge in [0.25, 0.3) is 0 Å². The molecule has 0 saturated carbocycles. The van der Waals surface area contributed by atoms with Crippen LogP contribution >= 0.6 is 0 Å². The zero-order chi connectivity index (χ0) is 25.6. The van der Waals surface area contributed by atoms with Crippen LogP contribution in [0.25, 0.3) is 0 Å². The highest BCUT2D eigenvalue weighted by molar-refractivity contribution is 5.78. The summed E-state index contributed by atoms with van der Waals surface area (Å²) in [5.41, 5.74) is 0.935. The zero-order valence-corrected chi connectivity index (χ0v) is 21.4. The topological polar surface area (TPSA) is 90.5 Å². The predicted molar refractivity (Wildman–Crippen MR) is 134 cm³/mol. The third-order valence-electron chi connectivity index (χ3n) is 5.86. The van der Waals surface area contributed by atoms with Crippen LogP contribution < -0.4 is 0 Å². The minimum Gasteiger partial charge on any atom is -0.460 e. The van der Waals surface area contributed by atoms with Gasteiger partial charge in [0.15, 0.2) is 0 Å². The minimum atomic E-state index is -0.301. The standard InChI is InChI=1S/C26H40N4O5/c1-22(31)17-27-9-11-28(18-23(2)32)13-15-30(16-14-29(12-10-27)19-24(3)33)20-26(34)35-21-25-7-5-4-6-8-25/h4-8H,9-21H2,1-3H3. The first kappa shape index (κ1) is 28.8. The second kappa shape index (κ2) is 15.5. The summed E-state index contributed by atoms with van der Waals surface area (Å²) in [6.07, 6.45) is 0. The molecule has 0 N–H and O–H groups in total. The molecule has 0 spiro atoms. The molecule has 0 aliphatic carbocycles. The van der Waals surface area contributed by atoms with E-state index in [0.29, 0.717) is 72.0 Å². The van der Waals surface area contributed by atoms with Crippen LogP contribution in [-0.2, 0) is 30.5 Å². The highest BCUT2D eigenvalue weighted by Gasteiger charge is 2.20. The Kier molecular flexibility index (Phi) is 12.8. The van der Waals surface area contributed by atoms with Gasteiger partial charge in [-0.2, -0.15) is 0 Å². The van der Waals surface area contributed by atoms with Crippen molar-refractivity contribution in [2.75, 3.05) is 78.5 Å². The van der Waals surface area contributed by atoms with Gasteiger partial charge in [-0.05, 0) is 26.3 Å². The van der Waals surface area contributed by atoms with E-state index in [9.17, 15) is 19.2 Å². The lowest BCUT2D eigenvalue weighted by molar-refractivity contribution is -0.146. The van der Waals surface area contributed by atoms with Gasteiger partial charge in [-0.15, -0.1) is 0 Å². The van der Waals surface area contributed by atoms with Crippen LogP contribution in [0, 0.1) is 0 Å². The molecule has 1 aliphatic heterocycles. The Morgan fingerprint density at radius 2 is 0.943 bits per heavy atom. The summed E-state index contributed by atoms with van der Waals surface area (Å²) >= 11 is 0. The molecule has 1 aliphatic rings. The number of nitrogens with zero attached hydrogens (tertiary/aromatic N) is 4. The second-order valence-electron chi connectivity index (χ2n) is 9.36. The number of benzene rings is 1. The predicted octanol–water partition coefficient (Wildman–Crippen LogP) is 0.718. The quantitative estimate of drug-likeness (QED) is 0.442. The SMILES string of the molecule is CC(=O)CN1CCN(CC(C)=O)CCN(CC(=O)OCc2ccccc2)CCN(CC(C)=O)CC1. The van der Waals surface area contributed by atoms with Gasteiger partial charge in [0.2, 0.25) is 0 Å². The Morgan fingerprint density at radius 1 is 0.600 bits per heavy atom. The van der Waals surface area contributed by atoms with E-state index < -0.39 is 0 Å². The molecule has 1 saturated heterocycles. The monoisotopic (exact) mass is 488 g/mol. The van der Waals surface area contributed by atoms with E-state index in [-0.39, 0.29) is 36.5 Å². The lowest BCUT2D eigenvalue weighted by Gasteiger charge is -2.33. The molecule has 9 nitrogen and oxygen atoms in total. The van der Waals surface area contributed by atoms with E-state index in [1.807, 2.05) is 35.2 Å². The van der Waals surface area contributed by atoms with Crippen LogP contribution in [0.2, 0.25) is 0 Å². The molecule has 35 heavy (non-hydrogen) atoms. The van der Waals surface area contributed by atoms with Crippen molar-refractivity contribution >= 4 is 23.3 Å². The average Bonchev–Trinajstić information content (AvgIpc) is 2.79. The minimum absolute atomic E-state index is 0.0802. The molecule has 1 aromatic rings. The summed E-state index contributed by atoms with van der Waals surface area (Å²) in [4.78, 5) is 56.3. The molecular formula is C26H40N4O5.